The van der Waals surface area contributed by atoms with Crippen LogP contribution in [-0.4, -0.2) is 38.5 Å². The number of aromatic nitrogens is 4. The van der Waals surface area contributed by atoms with Crippen molar-refractivity contribution in [2.45, 2.75) is 5.16 Å². The molecular weight excluding hydrogens is 302 g/mol. The van der Waals surface area contributed by atoms with Gasteiger partial charge in [0.2, 0.25) is 0 Å². The lowest BCUT2D eigenvalue weighted by atomic mass is 10.1. The molecular formula is C14H13N5O2S. The molecule has 8 heteroatoms. The van der Waals surface area contributed by atoms with Crippen molar-refractivity contribution in [2.24, 2.45) is 0 Å². The number of carbonyl (C=O) groups is 1. The normalized spacial score (nSPS) is 10.5. The molecule has 0 atom stereocenters. The fourth-order valence-electron chi connectivity index (χ4n) is 1.87. The van der Waals surface area contributed by atoms with Gasteiger partial charge in [-0.25, -0.2) is 4.98 Å². The summed E-state index contributed by atoms with van der Waals surface area (Å²) in [5.74, 6) is 0.477. The standard InChI is InChI=1S/C14H13N5O2S/c20-13(15-6-7-22-14-16-9-17-18-14)11-8-21-19-12(11)10-4-2-1-3-5-10/h1-5,8-9H,6-7H2,(H,15,20)(H,16,17,18). The zero-order valence-corrected chi connectivity index (χ0v) is 12.3. The lowest BCUT2D eigenvalue weighted by Crippen LogP contribution is -2.25. The minimum atomic E-state index is -0.210. The SMILES string of the molecule is O=C(NCCSc1ncn[nH]1)c1conc1-c1ccccc1. The van der Waals surface area contributed by atoms with Crippen LogP contribution >= 0.6 is 11.8 Å². The predicted octanol–water partition coefficient (Wildman–Crippen LogP) is 1.98. The number of H-pyrrole nitrogens is 1. The second-order valence-corrected chi connectivity index (χ2v) is 5.42. The molecule has 0 aliphatic rings. The van der Waals surface area contributed by atoms with E-state index in [4.69, 9.17) is 4.52 Å². The van der Waals surface area contributed by atoms with Gasteiger partial charge < -0.3 is 9.84 Å². The van der Waals surface area contributed by atoms with Crippen LogP contribution in [0.4, 0.5) is 0 Å². The third kappa shape index (κ3) is 3.34. The van der Waals surface area contributed by atoms with Gasteiger partial charge in [-0.1, -0.05) is 47.3 Å². The fraction of sp³-hybridized carbons (Fsp3) is 0.143. The number of hydrogen-bond donors (Lipinski definition) is 2. The average molecular weight is 315 g/mol. The van der Waals surface area contributed by atoms with Crippen molar-refractivity contribution >= 4 is 17.7 Å². The molecule has 0 spiro atoms. The van der Waals surface area contributed by atoms with Gasteiger partial charge in [0.1, 0.15) is 23.8 Å². The smallest absolute Gasteiger partial charge is 0.256 e. The van der Waals surface area contributed by atoms with E-state index in [1.807, 2.05) is 30.3 Å². The van der Waals surface area contributed by atoms with Crippen LogP contribution in [0.2, 0.25) is 0 Å². The number of nitrogens with one attached hydrogen (secondary N) is 2. The molecule has 2 heterocycles. The van der Waals surface area contributed by atoms with Gasteiger partial charge in [-0.15, -0.1) is 0 Å². The van der Waals surface area contributed by atoms with Crippen LogP contribution in [0.15, 0.2) is 52.6 Å². The number of benzene rings is 1. The summed E-state index contributed by atoms with van der Waals surface area (Å²) in [6.07, 6.45) is 2.81. The number of nitrogens with zero attached hydrogens (tertiary/aromatic N) is 3. The molecule has 0 fully saturated rings. The monoisotopic (exact) mass is 315 g/mol. The summed E-state index contributed by atoms with van der Waals surface area (Å²) >= 11 is 1.48. The van der Waals surface area contributed by atoms with Gasteiger partial charge in [-0.05, 0) is 0 Å². The van der Waals surface area contributed by atoms with Gasteiger partial charge in [0.15, 0.2) is 5.16 Å². The molecule has 0 aliphatic heterocycles. The van der Waals surface area contributed by atoms with Gasteiger partial charge in [0.25, 0.3) is 5.91 Å². The first kappa shape index (κ1) is 14.3. The Kier molecular flexibility index (Phi) is 4.50. The summed E-state index contributed by atoms with van der Waals surface area (Å²) in [7, 11) is 0. The van der Waals surface area contributed by atoms with Gasteiger partial charge >= 0.3 is 0 Å². The molecule has 0 aliphatic carbocycles. The second kappa shape index (κ2) is 6.90. The zero-order chi connectivity index (χ0) is 15.2. The Labute approximate surface area is 130 Å². The largest absolute Gasteiger partial charge is 0.363 e. The second-order valence-electron chi connectivity index (χ2n) is 4.34. The van der Waals surface area contributed by atoms with E-state index in [2.05, 4.69) is 25.7 Å². The van der Waals surface area contributed by atoms with E-state index in [0.29, 0.717) is 23.6 Å². The summed E-state index contributed by atoms with van der Waals surface area (Å²) in [4.78, 5) is 16.2. The van der Waals surface area contributed by atoms with Gasteiger partial charge in [0, 0.05) is 17.9 Å². The summed E-state index contributed by atoms with van der Waals surface area (Å²) in [6, 6.07) is 9.45. The first-order valence-corrected chi connectivity index (χ1v) is 7.59. The summed E-state index contributed by atoms with van der Waals surface area (Å²) < 4.78 is 4.95. The van der Waals surface area contributed by atoms with Crippen molar-refractivity contribution in [2.75, 3.05) is 12.3 Å². The Bertz CT molecular complexity index is 727. The molecule has 3 aromatic rings. The Hall–Kier alpha value is -2.61. The average Bonchev–Trinajstić information content (AvgIpc) is 3.23. The molecule has 0 radical (unpaired) electrons. The maximum atomic E-state index is 12.2. The van der Waals surface area contributed by atoms with Crippen LogP contribution in [0.5, 0.6) is 0 Å². The summed E-state index contributed by atoms with van der Waals surface area (Å²) in [6.45, 7) is 0.504. The van der Waals surface area contributed by atoms with Crippen LogP contribution < -0.4 is 5.32 Å². The van der Waals surface area contributed by atoms with E-state index < -0.39 is 0 Å². The molecule has 22 heavy (non-hydrogen) atoms. The molecule has 1 aromatic carbocycles. The van der Waals surface area contributed by atoms with E-state index >= 15 is 0 Å². The van der Waals surface area contributed by atoms with E-state index in [1.54, 1.807) is 0 Å². The number of rotatable bonds is 6. The van der Waals surface area contributed by atoms with Crippen LogP contribution in [0.25, 0.3) is 11.3 Å². The van der Waals surface area contributed by atoms with Crippen molar-refractivity contribution in [3.8, 4) is 11.3 Å². The molecule has 112 valence electrons. The third-order valence-electron chi connectivity index (χ3n) is 2.88. The maximum Gasteiger partial charge on any atom is 0.256 e. The third-order valence-corrected chi connectivity index (χ3v) is 3.76. The van der Waals surface area contributed by atoms with E-state index in [1.165, 1.54) is 24.4 Å². The van der Waals surface area contributed by atoms with Crippen molar-refractivity contribution in [1.29, 1.82) is 0 Å². The Morgan fingerprint density at radius 2 is 2.18 bits per heavy atom. The number of amides is 1. The van der Waals surface area contributed by atoms with Crippen LogP contribution in [0.1, 0.15) is 10.4 Å². The number of aromatic amines is 1. The molecule has 0 saturated heterocycles. The lowest BCUT2D eigenvalue weighted by Gasteiger charge is -2.04. The summed E-state index contributed by atoms with van der Waals surface area (Å²) in [5.41, 5.74) is 1.81. The highest BCUT2D eigenvalue weighted by Crippen LogP contribution is 2.21. The van der Waals surface area contributed by atoms with E-state index in [0.717, 1.165) is 10.7 Å². The zero-order valence-electron chi connectivity index (χ0n) is 11.5. The number of hydrogen-bond acceptors (Lipinski definition) is 6. The van der Waals surface area contributed by atoms with Gasteiger partial charge in [-0.3, -0.25) is 9.89 Å². The lowest BCUT2D eigenvalue weighted by molar-refractivity contribution is 0.0956. The van der Waals surface area contributed by atoms with Crippen molar-refractivity contribution in [3.63, 3.8) is 0 Å². The number of carbonyl (C=O) groups excluding carboxylic acids is 1. The molecule has 0 saturated carbocycles. The molecule has 7 nitrogen and oxygen atoms in total. The van der Waals surface area contributed by atoms with Crippen molar-refractivity contribution in [1.82, 2.24) is 25.7 Å². The highest BCUT2D eigenvalue weighted by atomic mass is 32.2. The first-order chi connectivity index (χ1) is 10.8. The van der Waals surface area contributed by atoms with Gasteiger partial charge in [0.05, 0.1) is 0 Å². The quantitative estimate of drug-likeness (QED) is 0.533. The molecule has 2 aromatic heterocycles. The van der Waals surface area contributed by atoms with Crippen LogP contribution in [0, 0.1) is 0 Å². The molecule has 0 unspecified atom stereocenters. The maximum absolute atomic E-state index is 12.2. The van der Waals surface area contributed by atoms with E-state index in [9.17, 15) is 4.79 Å². The predicted molar refractivity (Wildman–Crippen MR) is 81.4 cm³/mol. The number of thioether (sulfide) groups is 1. The molecule has 0 bridgehead atoms. The summed E-state index contributed by atoms with van der Waals surface area (Å²) in [5, 5.41) is 14.0. The van der Waals surface area contributed by atoms with Gasteiger partial charge in [-0.2, -0.15) is 5.10 Å². The minimum Gasteiger partial charge on any atom is -0.363 e. The molecule has 3 rings (SSSR count). The van der Waals surface area contributed by atoms with Crippen LogP contribution in [-0.2, 0) is 0 Å². The minimum absolute atomic E-state index is 0.210. The Morgan fingerprint density at radius 3 is 2.95 bits per heavy atom. The highest BCUT2D eigenvalue weighted by molar-refractivity contribution is 7.99. The fourth-order valence-corrected chi connectivity index (χ4v) is 2.51. The Balaban J connectivity index is 1.58. The molecule has 2 N–H and O–H groups in total. The topological polar surface area (TPSA) is 96.7 Å². The Morgan fingerprint density at radius 1 is 1.32 bits per heavy atom. The highest BCUT2D eigenvalue weighted by Gasteiger charge is 2.16. The van der Waals surface area contributed by atoms with E-state index in [-0.39, 0.29) is 5.91 Å². The van der Waals surface area contributed by atoms with Crippen molar-refractivity contribution in [3.05, 3.63) is 48.5 Å². The van der Waals surface area contributed by atoms with Crippen molar-refractivity contribution < 1.29 is 9.32 Å². The molecule has 1 amide bonds. The van der Waals surface area contributed by atoms with Crippen LogP contribution in [0.3, 0.4) is 0 Å². The first-order valence-electron chi connectivity index (χ1n) is 6.61.